The highest BCUT2D eigenvalue weighted by atomic mass is 16.5. The molecule has 1 aliphatic heterocycles. The summed E-state index contributed by atoms with van der Waals surface area (Å²) in [6.45, 7) is 8.65. The van der Waals surface area contributed by atoms with Gasteiger partial charge in [0.15, 0.2) is 0 Å². The molecule has 1 aliphatic rings. The van der Waals surface area contributed by atoms with Gasteiger partial charge in [0.05, 0.1) is 11.0 Å². The number of hydrogen-bond donors (Lipinski definition) is 0. The standard InChI is InChI=1S/C46H33NO/c1-29-11-7-8-14-37(29)41-25-32(18-17-30(41)2)34-21-24-44-43(27-34)39-23-20-35(28-45(39)47(44)36-12-5-4-6-13-36)33-19-22-38-40-15-9-10-16-46(40)48-31(3)42(38)26-33/h4-28H,3H2,1-2H3. The number of rotatable bonds is 4. The first kappa shape index (κ1) is 28.1. The van der Waals surface area contributed by atoms with Gasteiger partial charge in [0.25, 0.3) is 0 Å². The maximum Gasteiger partial charge on any atom is 0.135 e. The molecule has 2 nitrogen and oxygen atoms in total. The zero-order valence-electron chi connectivity index (χ0n) is 27.0. The number of hydrogen-bond acceptors (Lipinski definition) is 1. The zero-order valence-corrected chi connectivity index (χ0v) is 27.0. The van der Waals surface area contributed by atoms with Crippen LogP contribution in [0.1, 0.15) is 16.7 Å². The second kappa shape index (κ2) is 11.0. The summed E-state index contributed by atoms with van der Waals surface area (Å²) in [6.07, 6.45) is 0. The van der Waals surface area contributed by atoms with Crippen LogP contribution < -0.4 is 4.74 Å². The summed E-state index contributed by atoms with van der Waals surface area (Å²) in [4.78, 5) is 0. The average Bonchev–Trinajstić information content (AvgIpc) is 3.45. The van der Waals surface area contributed by atoms with E-state index in [-0.39, 0.29) is 0 Å². The van der Waals surface area contributed by atoms with Crippen LogP contribution in [0.25, 0.3) is 77.8 Å². The summed E-state index contributed by atoms with van der Waals surface area (Å²) in [5.74, 6) is 1.53. The van der Waals surface area contributed by atoms with Crippen molar-refractivity contribution in [2.45, 2.75) is 13.8 Å². The summed E-state index contributed by atoms with van der Waals surface area (Å²) < 4.78 is 8.52. The van der Waals surface area contributed by atoms with Crippen LogP contribution in [0, 0.1) is 13.8 Å². The minimum atomic E-state index is 0.680. The number of aryl methyl sites for hydroxylation is 2. The van der Waals surface area contributed by atoms with Crippen LogP contribution in [0.2, 0.25) is 0 Å². The number of fused-ring (bicyclic) bond motifs is 6. The van der Waals surface area contributed by atoms with Crippen LogP contribution in [0.4, 0.5) is 0 Å². The van der Waals surface area contributed by atoms with Gasteiger partial charge in [-0.25, -0.2) is 0 Å². The normalized spacial score (nSPS) is 12.2. The van der Waals surface area contributed by atoms with Gasteiger partial charge in [-0.05, 0) is 112 Å². The molecule has 48 heavy (non-hydrogen) atoms. The van der Waals surface area contributed by atoms with E-state index in [9.17, 15) is 0 Å². The van der Waals surface area contributed by atoms with E-state index in [1.807, 2.05) is 12.1 Å². The van der Waals surface area contributed by atoms with Gasteiger partial charge in [0, 0.05) is 27.6 Å². The topological polar surface area (TPSA) is 14.2 Å². The Kier molecular flexibility index (Phi) is 6.45. The third-order valence-electron chi connectivity index (χ3n) is 9.85. The fourth-order valence-electron chi connectivity index (χ4n) is 7.36. The number of nitrogens with zero attached hydrogens (tertiary/aromatic N) is 1. The lowest BCUT2D eigenvalue weighted by atomic mass is 9.91. The first-order valence-corrected chi connectivity index (χ1v) is 16.5. The van der Waals surface area contributed by atoms with E-state index in [1.165, 1.54) is 55.2 Å². The number of para-hydroxylation sites is 2. The lowest BCUT2D eigenvalue weighted by Gasteiger charge is -2.22. The van der Waals surface area contributed by atoms with E-state index in [0.717, 1.165) is 39.3 Å². The number of benzene rings is 7. The molecule has 2 heteroatoms. The largest absolute Gasteiger partial charge is 0.457 e. The Morgan fingerprint density at radius 3 is 1.90 bits per heavy atom. The van der Waals surface area contributed by atoms with Crippen molar-refractivity contribution in [3.63, 3.8) is 0 Å². The second-order valence-electron chi connectivity index (χ2n) is 12.8. The van der Waals surface area contributed by atoms with Crippen molar-refractivity contribution in [3.8, 4) is 55.9 Å². The maximum absolute atomic E-state index is 6.13. The van der Waals surface area contributed by atoms with E-state index < -0.39 is 0 Å². The Morgan fingerprint density at radius 1 is 0.438 bits per heavy atom. The fourth-order valence-corrected chi connectivity index (χ4v) is 7.36. The van der Waals surface area contributed by atoms with Crippen LogP contribution in [0.3, 0.4) is 0 Å². The zero-order chi connectivity index (χ0) is 32.4. The van der Waals surface area contributed by atoms with E-state index in [4.69, 9.17) is 4.74 Å². The Balaban J connectivity index is 1.21. The Morgan fingerprint density at radius 2 is 1.06 bits per heavy atom. The van der Waals surface area contributed by atoms with Gasteiger partial charge in [-0.2, -0.15) is 0 Å². The molecule has 2 heterocycles. The first-order valence-electron chi connectivity index (χ1n) is 16.5. The minimum absolute atomic E-state index is 0.680. The van der Waals surface area contributed by atoms with Crippen molar-refractivity contribution in [3.05, 3.63) is 175 Å². The van der Waals surface area contributed by atoms with Gasteiger partial charge >= 0.3 is 0 Å². The highest BCUT2D eigenvalue weighted by Gasteiger charge is 2.21. The molecular formula is C46H33NO. The Labute approximate surface area is 280 Å². The van der Waals surface area contributed by atoms with E-state index >= 15 is 0 Å². The van der Waals surface area contributed by atoms with Crippen molar-refractivity contribution in [1.82, 2.24) is 4.57 Å². The second-order valence-corrected chi connectivity index (χ2v) is 12.8. The van der Waals surface area contributed by atoms with Crippen LogP contribution in [-0.2, 0) is 0 Å². The Bertz CT molecular complexity index is 2570. The molecule has 0 saturated heterocycles. The monoisotopic (exact) mass is 615 g/mol. The van der Waals surface area contributed by atoms with E-state index in [1.54, 1.807) is 0 Å². The SMILES string of the molecule is C=C1Oc2ccccc2-c2ccc(-c3ccc4c5cc(-c6ccc(C)c(-c7ccccc7C)c6)ccc5n(-c5ccccc5)c4c3)cc21. The highest BCUT2D eigenvalue weighted by molar-refractivity contribution is 6.11. The van der Waals surface area contributed by atoms with Crippen LogP contribution in [-0.4, -0.2) is 4.57 Å². The quantitative estimate of drug-likeness (QED) is 0.192. The molecule has 8 aromatic rings. The van der Waals surface area contributed by atoms with Gasteiger partial charge in [0.2, 0.25) is 0 Å². The highest BCUT2D eigenvalue weighted by Crippen LogP contribution is 2.44. The molecule has 0 spiro atoms. The van der Waals surface area contributed by atoms with Crippen molar-refractivity contribution in [2.24, 2.45) is 0 Å². The molecule has 0 unspecified atom stereocenters. The molecule has 0 radical (unpaired) electrons. The summed E-state index contributed by atoms with van der Waals surface area (Å²) in [5, 5.41) is 2.46. The lowest BCUT2D eigenvalue weighted by molar-refractivity contribution is 0.513. The summed E-state index contributed by atoms with van der Waals surface area (Å²) in [5.41, 5.74) is 16.6. The first-order chi connectivity index (χ1) is 23.5. The molecule has 0 atom stereocenters. The predicted octanol–water partition coefficient (Wildman–Crippen LogP) is 12.4. The molecule has 0 saturated carbocycles. The third-order valence-corrected chi connectivity index (χ3v) is 9.85. The molecule has 0 bridgehead atoms. The predicted molar refractivity (Wildman–Crippen MR) is 202 cm³/mol. The Hall–Kier alpha value is -6.12. The molecule has 0 amide bonds. The minimum Gasteiger partial charge on any atom is -0.457 e. The van der Waals surface area contributed by atoms with Crippen LogP contribution in [0.5, 0.6) is 5.75 Å². The molecule has 0 aliphatic carbocycles. The molecule has 7 aromatic carbocycles. The van der Waals surface area contributed by atoms with Gasteiger partial charge < -0.3 is 9.30 Å². The van der Waals surface area contributed by atoms with E-state index in [2.05, 4.69) is 165 Å². The smallest absolute Gasteiger partial charge is 0.135 e. The fraction of sp³-hybridized carbons (Fsp3) is 0.0435. The van der Waals surface area contributed by atoms with Crippen LogP contribution >= 0.6 is 0 Å². The molecule has 1 aromatic heterocycles. The third kappa shape index (κ3) is 4.49. The number of ether oxygens (including phenoxy) is 1. The van der Waals surface area contributed by atoms with Gasteiger partial charge in [0.1, 0.15) is 11.5 Å². The summed E-state index contributed by atoms with van der Waals surface area (Å²) in [6, 6.07) is 54.7. The maximum atomic E-state index is 6.13. The molecule has 0 fully saturated rings. The van der Waals surface area contributed by atoms with Crippen molar-refractivity contribution in [1.29, 1.82) is 0 Å². The van der Waals surface area contributed by atoms with Crippen molar-refractivity contribution in [2.75, 3.05) is 0 Å². The average molecular weight is 616 g/mol. The molecule has 0 N–H and O–H groups in total. The molecular weight excluding hydrogens is 583 g/mol. The number of aromatic nitrogens is 1. The summed E-state index contributed by atoms with van der Waals surface area (Å²) in [7, 11) is 0. The van der Waals surface area contributed by atoms with E-state index in [0.29, 0.717) is 5.76 Å². The molecule has 9 rings (SSSR count). The molecule has 228 valence electrons. The van der Waals surface area contributed by atoms with Gasteiger partial charge in [-0.3, -0.25) is 0 Å². The van der Waals surface area contributed by atoms with Crippen LogP contribution in [0.15, 0.2) is 158 Å². The summed E-state index contributed by atoms with van der Waals surface area (Å²) >= 11 is 0. The van der Waals surface area contributed by atoms with Gasteiger partial charge in [-0.15, -0.1) is 0 Å². The van der Waals surface area contributed by atoms with Gasteiger partial charge in [-0.1, -0.05) is 110 Å². The lowest BCUT2D eigenvalue weighted by Crippen LogP contribution is -2.03. The van der Waals surface area contributed by atoms with Crippen molar-refractivity contribution >= 4 is 27.6 Å². The van der Waals surface area contributed by atoms with Crippen molar-refractivity contribution < 1.29 is 4.74 Å².